The van der Waals surface area contributed by atoms with Crippen molar-refractivity contribution in [1.82, 2.24) is 10.6 Å². The quantitative estimate of drug-likeness (QED) is 0.382. The molecular weight excluding hydrogens is 384 g/mol. The molecule has 0 saturated heterocycles. The lowest BCUT2D eigenvalue weighted by molar-refractivity contribution is -0.139. The molecule has 2 rings (SSSR count). The largest absolute Gasteiger partial charge is 0.490 e. The molecule has 7 nitrogen and oxygen atoms in total. The first-order valence-corrected chi connectivity index (χ1v) is 10.9. The minimum atomic E-state index is -0.617. The summed E-state index contributed by atoms with van der Waals surface area (Å²) in [6.07, 6.45) is 4.40. The number of carbonyl (C=O) groups excluding carboxylic acids is 2. The molecule has 1 atom stereocenters. The van der Waals surface area contributed by atoms with Gasteiger partial charge in [0.1, 0.15) is 0 Å². The highest BCUT2D eigenvalue weighted by Crippen LogP contribution is 2.35. The van der Waals surface area contributed by atoms with Crippen molar-refractivity contribution in [2.45, 2.75) is 65.8 Å². The Morgan fingerprint density at radius 3 is 2.43 bits per heavy atom. The van der Waals surface area contributed by atoms with E-state index < -0.39 is 12.0 Å². The molecule has 0 bridgehead atoms. The fourth-order valence-electron chi connectivity index (χ4n) is 3.29. The normalized spacial score (nSPS) is 16.0. The van der Waals surface area contributed by atoms with Crippen LogP contribution in [0.5, 0.6) is 11.5 Å². The second kappa shape index (κ2) is 12.1. The molecule has 1 aromatic rings. The predicted octanol–water partition coefficient (Wildman–Crippen LogP) is 4.63. The Bertz CT molecular complexity index is 760. The zero-order valence-electron chi connectivity index (χ0n) is 18.5. The molecular formula is C23H34N2O5. The summed E-state index contributed by atoms with van der Waals surface area (Å²) >= 11 is 0. The Kier molecular flexibility index (Phi) is 9.51. The summed E-state index contributed by atoms with van der Waals surface area (Å²) in [7, 11) is 0. The minimum Gasteiger partial charge on any atom is -0.490 e. The number of ether oxygens (including phenoxy) is 3. The molecule has 1 heterocycles. The molecule has 1 aromatic carbocycles. The van der Waals surface area contributed by atoms with Crippen molar-refractivity contribution in [3.63, 3.8) is 0 Å². The van der Waals surface area contributed by atoms with Crippen LogP contribution in [0.1, 0.15) is 71.4 Å². The maximum atomic E-state index is 12.8. The van der Waals surface area contributed by atoms with Gasteiger partial charge in [0.2, 0.25) is 0 Å². The van der Waals surface area contributed by atoms with Crippen LogP contribution in [0.15, 0.2) is 29.5 Å². The fraction of sp³-hybridized carbons (Fsp3) is 0.565. The number of hydrogen-bond donors (Lipinski definition) is 2. The molecule has 0 fully saturated rings. The minimum absolute atomic E-state index is 0.262. The lowest BCUT2D eigenvalue weighted by Gasteiger charge is -2.30. The van der Waals surface area contributed by atoms with Gasteiger partial charge < -0.3 is 24.8 Å². The van der Waals surface area contributed by atoms with E-state index >= 15 is 0 Å². The van der Waals surface area contributed by atoms with Crippen LogP contribution in [0.25, 0.3) is 0 Å². The third-order valence-electron chi connectivity index (χ3n) is 4.79. The molecule has 1 aliphatic rings. The van der Waals surface area contributed by atoms with E-state index in [9.17, 15) is 9.59 Å². The summed E-state index contributed by atoms with van der Waals surface area (Å²) in [5.41, 5.74) is 1.80. The Morgan fingerprint density at radius 2 is 1.77 bits per heavy atom. The molecule has 2 amide bonds. The van der Waals surface area contributed by atoms with E-state index in [0.717, 1.165) is 31.2 Å². The highest BCUT2D eigenvalue weighted by molar-refractivity contribution is 5.95. The van der Waals surface area contributed by atoms with Gasteiger partial charge >= 0.3 is 12.0 Å². The number of amides is 2. The van der Waals surface area contributed by atoms with Crippen LogP contribution in [-0.4, -0.2) is 31.8 Å². The molecule has 2 N–H and O–H groups in total. The number of allylic oxidation sites excluding steroid dienone is 1. The second-order valence-electron chi connectivity index (χ2n) is 7.09. The first kappa shape index (κ1) is 23.6. The van der Waals surface area contributed by atoms with Crippen molar-refractivity contribution in [2.75, 3.05) is 19.8 Å². The molecule has 1 unspecified atom stereocenters. The standard InChI is InChI=1S/C23H34N2O5/c1-5-9-11-17-20(22(26)29-8-4)21(25-23(27)24-17)16-12-13-18(30-14-10-6-2)19(15-16)28-7-3/h12-13,15,21H,5-11,14H2,1-4H3,(H2,24,25,27). The van der Waals surface area contributed by atoms with Crippen LogP contribution >= 0.6 is 0 Å². The summed E-state index contributed by atoms with van der Waals surface area (Å²) < 4.78 is 16.9. The van der Waals surface area contributed by atoms with Crippen molar-refractivity contribution in [1.29, 1.82) is 0 Å². The molecule has 0 saturated carbocycles. The van der Waals surface area contributed by atoms with E-state index in [4.69, 9.17) is 14.2 Å². The number of carbonyl (C=O) groups is 2. The highest BCUT2D eigenvalue weighted by Gasteiger charge is 2.33. The van der Waals surface area contributed by atoms with E-state index in [1.54, 1.807) is 6.92 Å². The summed E-state index contributed by atoms with van der Waals surface area (Å²) in [5.74, 6) is 0.821. The Hall–Kier alpha value is -2.70. The highest BCUT2D eigenvalue weighted by atomic mass is 16.5. The number of unbranched alkanes of at least 4 members (excludes halogenated alkanes) is 2. The number of rotatable bonds is 12. The van der Waals surface area contributed by atoms with Crippen LogP contribution < -0.4 is 20.1 Å². The number of nitrogens with one attached hydrogen (secondary N) is 2. The number of benzene rings is 1. The van der Waals surface area contributed by atoms with Crippen LogP contribution in [0.4, 0.5) is 4.79 Å². The third-order valence-corrected chi connectivity index (χ3v) is 4.79. The van der Waals surface area contributed by atoms with Gasteiger partial charge in [0, 0.05) is 5.70 Å². The average Bonchev–Trinajstić information content (AvgIpc) is 2.73. The van der Waals surface area contributed by atoms with Crippen LogP contribution in [0.3, 0.4) is 0 Å². The van der Waals surface area contributed by atoms with Gasteiger partial charge in [-0.3, -0.25) is 0 Å². The van der Waals surface area contributed by atoms with Crippen molar-refractivity contribution in [3.05, 3.63) is 35.0 Å². The number of esters is 1. The van der Waals surface area contributed by atoms with Crippen LogP contribution in [0.2, 0.25) is 0 Å². The zero-order valence-corrected chi connectivity index (χ0v) is 18.5. The van der Waals surface area contributed by atoms with Gasteiger partial charge in [-0.05, 0) is 50.8 Å². The van der Waals surface area contributed by atoms with E-state index in [0.29, 0.717) is 42.4 Å². The van der Waals surface area contributed by atoms with Crippen molar-refractivity contribution >= 4 is 12.0 Å². The average molecular weight is 419 g/mol. The van der Waals surface area contributed by atoms with Gasteiger partial charge in [0.05, 0.1) is 31.4 Å². The van der Waals surface area contributed by atoms with Crippen molar-refractivity contribution < 1.29 is 23.8 Å². The molecule has 0 aromatic heterocycles. The van der Waals surface area contributed by atoms with Crippen LogP contribution in [0, 0.1) is 0 Å². The van der Waals surface area contributed by atoms with Gasteiger partial charge in [-0.15, -0.1) is 0 Å². The van der Waals surface area contributed by atoms with Crippen molar-refractivity contribution in [3.8, 4) is 11.5 Å². The molecule has 0 aliphatic carbocycles. The number of urea groups is 1. The first-order chi connectivity index (χ1) is 14.5. The monoisotopic (exact) mass is 418 g/mol. The molecule has 166 valence electrons. The predicted molar refractivity (Wildman–Crippen MR) is 116 cm³/mol. The maximum absolute atomic E-state index is 12.8. The van der Waals surface area contributed by atoms with Gasteiger partial charge in [-0.25, -0.2) is 9.59 Å². The Balaban J connectivity index is 2.44. The molecule has 7 heteroatoms. The number of hydrogen-bond acceptors (Lipinski definition) is 5. The van der Waals surface area contributed by atoms with Gasteiger partial charge in [0.25, 0.3) is 0 Å². The zero-order chi connectivity index (χ0) is 21.9. The van der Waals surface area contributed by atoms with E-state index in [-0.39, 0.29) is 12.6 Å². The Labute approximate surface area is 179 Å². The third kappa shape index (κ3) is 6.15. The summed E-state index contributed by atoms with van der Waals surface area (Å²) in [6.45, 7) is 9.19. The SMILES string of the molecule is CCCCOc1ccc(C2NC(=O)NC(CCCC)=C2C(=O)OCC)cc1OCC. The maximum Gasteiger partial charge on any atom is 0.338 e. The topological polar surface area (TPSA) is 85.9 Å². The van der Waals surface area contributed by atoms with Gasteiger partial charge in [-0.1, -0.05) is 32.8 Å². The molecule has 0 radical (unpaired) electrons. The molecule has 1 aliphatic heterocycles. The van der Waals surface area contributed by atoms with Crippen LogP contribution in [-0.2, 0) is 9.53 Å². The lowest BCUT2D eigenvalue weighted by Crippen LogP contribution is -2.46. The van der Waals surface area contributed by atoms with Gasteiger partial charge in [-0.2, -0.15) is 0 Å². The first-order valence-electron chi connectivity index (χ1n) is 10.9. The molecule has 0 spiro atoms. The molecule has 30 heavy (non-hydrogen) atoms. The smallest absolute Gasteiger partial charge is 0.338 e. The second-order valence-corrected chi connectivity index (χ2v) is 7.09. The van der Waals surface area contributed by atoms with Gasteiger partial charge in [0.15, 0.2) is 11.5 Å². The van der Waals surface area contributed by atoms with E-state index in [2.05, 4.69) is 24.5 Å². The summed E-state index contributed by atoms with van der Waals surface area (Å²) in [5, 5.41) is 5.66. The Morgan fingerprint density at radius 1 is 1.00 bits per heavy atom. The fourth-order valence-corrected chi connectivity index (χ4v) is 3.29. The van der Waals surface area contributed by atoms with E-state index in [1.165, 1.54) is 0 Å². The lowest BCUT2D eigenvalue weighted by atomic mass is 9.93. The summed E-state index contributed by atoms with van der Waals surface area (Å²) in [4.78, 5) is 25.1. The van der Waals surface area contributed by atoms with E-state index in [1.807, 2.05) is 25.1 Å². The van der Waals surface area contributed by atoms with Crippen molar-refractivity contribution in [2.24, 2.45) is 0 Å². The summed E-state index contributed by atoms with van der Waals surface area (Å²) in [6, 6.07) is 4.57.